The minimum absolute atomic E-state index is 0.280. The number of aryl methyl sites for hydroxylation is 2. The molecule has 16 heavy (non-hydrogen) atoms. The Morgan fingerprint density at radius 3 is 2.69 bits per heavy atom. The van der Waals surface area contributed by atoms with Gasteiger partial charge in [-0.3, -0.25) is 4.79 Å². The van der Waals surface area contributed by atoms with Crippen LogP contribution in [0, 0.1) is 6.92 Å². The van der Waals surface area contributed by atoms with E-state index in [1.165, 1.54) is 11.3 Å². The second-order valence-electron chi connectivity index (χ2n) is 3.88. The van der Waals surface area contributed by atoms with Crippen molar-refractivity contribution in [1.29, 1.82) is 0 Å². The van der Waals surface area contributed by atoms with Gasteiger partial charge in [-0.1, -0.05) is 26.0 Å². The number of hydrogen-bond donors (Lipinski definition) is 1. The molecule has 2 heteroatoms. The van der Waals surface area contributed by atoms with Crippen molar-refractivity contribution >= 4 is 16.7 Å². The van der Waals surface area contributed by atoms with Gasteiger partial charge in [0.15, 0.2) is 5.78 Å². The van der Waals surface area contributed by atoms with Crippen LogP contribution in [0.1, 0.15) is 41.9 Å². The van der Waals surface area contributed by atoms with E-state index in [2.05, 4.69) is 11.9 Å². The Morgan fingerprint density at radius 1 is 1.19 bits per heavy atom. The summed E-state index contributed by atoms with van der Waals surface area (Å²) in [6.07, 6.45) is 1.55. The van der Waals surface area contributed by atoms with E-state index in [0.717, 1.165) is 22.9 Å². The summed E-state index contributed by atoms with van der Waals surface area (Å²) in [5.74, 6) is 0.280. The van der Waals surface area contributed by atoms with Gasteiger partial charge in [0, 0.05) is 28.6 Å². The van der Waals surface area contributed by atoms with Crippen molar-refractivity contribution in [2.75, 3.05) is 0 Å². The van der Waals surface area contributed by atoms with Gasteiger partial charge in [-0.15, -0.1) is 0 Å². The van der Waals surface area contributed by atoms with Crippen LogP contribution in [0.4, 0.5) is 0 Å². The van der Waals surface area contributed by atoms with Crippen LogP contribution in [0.2, 0.25) is 0 Å². The Morgan fingerprint density at radius 2 is 1.94 bits per heavy atom. The number of aromatic amines is 1. The molecule has 0 bridgehead atoms. The highest BCUT2D eigenvalue weighted by Gasteiger charge is 2.21. The lowest BCUT2D eigenvalue weighted by Gasteiger charge is -2.11. The fourth-order valence-corrected chi connectivity index (χ4v) is 2.36. The average Bonchev–Trinajstić information content (AvgIpc) is 2.64. The molecule has 1 N–H and O–H groups in total. The summed E-state index contributed by atoms with van der Waals surface area (Å²) in [5.41, 5.74) is 4.53. The molecule has 0 fully saturated rings. The maximum absolute atomic E-state index is 11.7. The number of carbonyl (C=O) groups is 1. The molecule has 1 aliphatic rings. The van der Waals surface area contributed by atoms with E-state index in [-0.39, 0.29) is 5.78 Å². The number of Topliss-reactive ketones (excluding diaryl/α,β-unsaturated/α-hetero) is 1. The molecule has 0 saturated carbocycles. The van der Waals surface area contributed by atoms with Crippen molar-refractivity contribution in [3.8, 4) is 0 Å². The molecule has 84 valence electrons. The second-order valence-corrected chi connectivity index (χ2v) is 3.88. The van der Waals surface area contributed by atoms with E-state index in [9.17, 15) is 4.79 Å². The number of hydrogen-bond acceptors (Lipinski definition) is 1. The number of rotatable bonds is 0. The molecule has 1 aliphatic carbocycles. The zero-order valence-electron chi connectivity index (χ0n) is 10.1. The van der Waals surface area contributed by atoms with Crippen LogP contribution >= 0.6 is 0 Å². The van der Waals surface area contributed by atoms with Gasteiger partial charge in [-0.05, 0) is 25.0 Å². The molecule has 1 aromatic heterocycles. The van der Waals surface area contributed by atoms with Crippen molar-refractivity contribution in [3.63, 3.8) is 0 Å². The van der Waals surface area contributed by atoms with Gasteiger partial charge in [0.25, 0.3) is 0 Å². The maximum Gasteiger partial charge on any atom is 0.163 e. The summed E-state index contributed by atoms with van der Waals surface area (Å²) in [4.78, 5) is 15.0. The standard InChI is InChI=1S/C12H11NO.C2H6/c1-7-8-5-6-11(14)9-3-2-4-10(13-7)12(8)9;1-2/h2-4,13H,5-6H2,1H3;1-2H3. The van der Waals surface area contributed by atoms with Gasteiger partial charge in [0.1, 0.15) is 0 Å². The maximum atomic E-state index is 11.7. The minimum atomic E-state index is 0.280. The molecule has 0 atom stereocenters. The van der Waals surface area contributed by atoms with Crippen molar-refractivity contribution in [3.05, 3.63) is 35.0 Å². The Hall–Kier alpha value is -1.57. The molecular weight excluding hydrogens is 198 g/mol. The fourth-order valence-electron chi connectivity index (χ4n) is 2.36. The molecule has 2 aromatic rings. The van der Waals surface area contributed by atoms with Crippen LogP contribution in [0.15, 0.2) is 18.2 Å². The predicted octanol–water partition coefficient (Wildman–Crippen LogP) is 3.63. The molecule has 0 spiro atoms. The number of carbonyl (C=O) groups excluding carboxylic acids is 1. The number of H-pyrrole nitrogens is 1. The molecule has 3 rings (SSSR count). The molecule has 0 radical (unpaired) electrons. The van der Waals surface area contributed by atoms with Gasteiger partial charge in [0.2, 0.25) is 0 Å². The van der Waals surface area contributed by atoms with Gasteiger partial charge in [-0.2, -0.15) is 0 Å². The zero-order valence-corrected chi connectivity index (χ0v) is 10.1. The number of benzene rings is 1. The van der Waals surface area contributed by atoms with E-state index in [4.69, 9.17) is 0 Å². The molecule has 0 unspecified atom stereocenters. The minimum Gasteiger partial charge on any atom is -0.358 e. The van der Waals surface area contributed by atoms with Crippen LogP contribution in [0.3, 0.4) is 0 Å². The molecule has 0 saturated heterocycles. The van der Waals surface area contributed by atoms with Crippen molar-refractivity contribution in [2.24, 2.45) is 0 Å². The Bertz CT molecular complexity index is 537. The van der Waals surface area contributed by atoms with E-state index in [1.54, 1.807) is 0 Å². The summed E-state index contributed by atoms with van der Waals surface area (Å²) in [6.45, 7) is 6.08. The lowest BCUT2D eigenvalue weighted by atomic mass is 9.91. The van der Waals surface area contributed by atoms with Crippen LogP contribution in [0.25, 0.3) is 10.9 Å². The largest absolute Gasteiger partial charge is 0.358 e. The number of nitrogens with one attached hydrogen (secondary N) is 1. The van der Waals surface area contributed by atoms with E-state index in [1.807, 2.05) is 32.0 Å². The first-order chi connectivity index (χ1) is 7.77. The van der Waals surface area contributed by atoms with Gasteiger partial charge in [0.05, 0.1) is 0 Å². The molecular formula is C14H17NO. The number of ketones is 1. The van der Waals surface area contributed by atoms with Crippen molar-refractivity contribution < 1.29 is 4.79 Å². The third-order valence-corrected chi connectivity index (χ3v) is 3.04. The van der Waals surface area contributed by atoms with Crippen LogP contribution in [-0.2, 0) is 6.42 Å². The monoisotopic (exact) mass is 215 g/mol. The Balaban J connectivity index is 0.000000457. The normalized spacial score (nSPS) is 13.6. The predicted molar refractivity (Wildman–Crippen MR) is 67.0 cm³/mol. The number of aromatic nitrogens is 1. The molecule has 0 aliphatic heterocycles. The second kappa shape index (κ2) is 4.12. The van der Waals surface area contributed by atoms with E-state index < -0.39 is 0 Å². The summed E-state index contributed by atoms with van der Waals surface area (Å²) in [7, 11) is 0. The van der Waals surface area contributed by atoms with Crippen LogP contribution < -0.4 is 0 Å². The Kier molecular flexibility index (Phi) is 2.82. The summed E-state index contributed by atoms with van der Waals surface area (Å²) in [5, 5.41) is 1.15. The van der Waals surface area contributed by atoms with E-state index in [0.29, 0.717) is 6.42 Å². The van der Waals surface area contributed by atoms with Crippen LogP contribution in [0.5, 0.6) is 0 Å². The summed E-state index contributed by atoms with van der Waals surface area (Å²) < 4.78 is 0. The molecule has 0 amide bonds. The fraction of sp³-hybridized carbons (Fsp3) is 0.357. The lowest BCUT2D eigenvalue weighted by Crippen LogP contribution is -2.07. The van der Waals surface area contributed by atoms with Crippen LogP contribution in [-0.4, -0.2) is 10.8 Å². The molecule has 1 aromatic carbocycles. The van der Waals surface area contributed by atoms with Crippen molar-refractivity contribution in [2.45, 2.75) is 33.6 Å². The third kappa shape index (κ3) is 1.45. The quantitative estimate of drug-likeness (QED) is 0.715. The van der Waals surface area contributed by atoms with Gasteiger partial charge >= 0.3 is 0 Å². The first kappa shape index (κ1) is 10.9. The topological polar surface area (TPSA) is 32.9 Å². The SMILES string of the molecule is CC.Cc1[nH]c2cccc3c2c1CCC3=O. The van der Waals surface area contributed by atoms with Crippen molar-refractivity contribution in [1.82, 2.24) is 4.98 Å². The van der Waals surface area contributed by atoms with E-state index >= 15 is 0 Å². The van der Waals surface area contributed by atoms with Gasteiger partial charge in [-0.25, -0.2) is 0 Å². The first-order valence-corrected chi connectivity index (χ1v) is 5.91. The smallest absolute Gasteiger partial charge is 0.163 e. The highest BCUT2D eigenvalue weighted by atomic mass is 16.1. The highest BCUT2D eigenvalue weighted by molar-refractivity contribution is 6.11. The first-order valence-electron chi connectivity index (χ1n) is 5.91. The summed E-state index contributed by atoms with van der Waals surface area (Å²) in [6, 6.07) is 5.91. The van der Waals surface area contributed by atoms with Gasteiger partial charge < -0.3 is 4.98 Å². The summed E-state index contributed by atoms with van der Waals surface area (Å²) >= 11 is 0. The third-order valence-electron chi connectivity index (χ3n) is 3.04. The average molecular weight is 215 g/mol. The zero-order chi connectivity index (χ0) is 11.7. The molecule has 2 nitrogen and oxygen atoms in total. The Labute approximate surface area is 95.7 Å². The lowest BCUT2D eigenvalue weighted by molar-refractivity contribution is 0.0982. The molecule has 1 heterocycles. The highest BCUT2D eigenvalue weighted by Crippen LogP contribution is 2.31.